The van der Waals surface area contributed by atoms with E-state index in [1.54, 1.807) is 18.1 Å². The number of carbonyl (C=O) groups excluding carboxylic acids is 1. The molecule has 0 unspecified atom stereocenters. The molecule has 88 valence electrons. The summed E-state index contributed by atoms with van der Waals surface area (Å²) < 4.78 is 5.48. The summed E-state index contributed by atoms with van der Waals surface area (Å²) in [6.45, 7) is 1.82. The van der Waals surface area contributed by atoms with Gasteiger partial charge in [-0.05, 0) is 12.8 Å². The van der Waals surface area contributed by atoms with Crippen LogP contribution in [0.5, 0.6) is 0 Å². The maximum absolute atomic E-state index is 11.1. The van der Waals surface area contributed by atoms with Gasteiger partial charge in [-0.1, -0.05) is 6.42 Å². The second-order valence-electron chi connectivity index (χ2n) is 3.85. The van der Waals surface area contributed by atoms with Crippen molar-refractivity contribution < 1.29 is 9.21 Å². The van der Waals surface area contributed by atoms with Crippen molar-refractivity contribution in [2.24, 2.45) is 0 Å². The van der Waals surface area contributed by atoms with Gasteiger partial charge in [-0.15, -0.1) is 0 Å². The van der Waals surface area contributed by atoms with Crippen LogP contribution in [0.1, 0.15) is 19.3 Å². The summed E-state index contributed by atoms with van der Waals surface area (Å²) >= 11 is 0. The normalized spacial score (nSPS) is 17.1. The molecular formula is C11H17N3O2. The molecule has 1 N–H and O–H groups in total. The Kier molecular flexibility index (Phi) is 3.46. The quantitative estimate of drug-likeness (QED) is 0.789. The Balaban J connectivity index is 2.11. The zero-order valence-corrected chi connectivity index (χ0v) is 9.48. The van der Waals surface area contributed by atoms with Crippen LogP contribution >= 0.6 is 0 Å². The maximum Gasteiger partial charge on any atom is 0.231 e. The molecule has 16 heavy (non-hydrogen) atoms. The number of nitrogens with one attached hydrogen (secondary N) is 1. The molecule has 0 spiro atoms. The van der Waals surface area contributed by atoms with Gasteiger partial charge in [0.1, 0.15) is 0 Å². The number of hydrazine groups is 1. The van der Waals surface area contributed by atoms with Gasteiger partial charge in [0.15, 0.2) is 5.88 Å². The predicted octanol–water partition coefficient (Wildman–Crippen LogP) is 1.68. The molecule has 0 aromatic carbocycles. The van der Waals surface area contributed by atoms with Crippen molar-refractivity contribution in [1.82, 2.24) is 5.01 Å². The van der Waals surface area contributed by atoms with Gasteiger partial charge in [0.2, 0.25) is 12.3 Å². The molecule has 1 aromatic rings. The van der Waals surface area contributed by atoms with E-state index >= 15 is 0 Å². The SMILES string of the molecule is CNc1ccc(N(C=O)N2CCCCC2)o1. The van der Waals surface area contributed by atoms with Crippen LogP contribution in [-0.4, -0.2) is 31.6 Å². The monoisotopic (exact) mass is 223 g/mol. The first-order chi connectivity index (χ1) is 7.85. The van der Waals surface area contributed by atoms with Crippen LogP contribution in [0.25, 0.3) is 0 Å². The summed E-state index contributed by atoms with van der Waals surface area (Å²) in [4.78, 5) is 11.1. The van der Waals surface area contributed by atoms with E-state index in [0.717, 1.165) is 32.3 Å². The smallest absolute Gasteiger partial charge is 0.231 e. The van der Waals surface area contributed by atoms with Crippen LogP contribution < -0.4 is 10.3 Å². The lowest BCUT2D eigenvalue weighted by Crippen LogP contribution is -2.44. The van der Waals surface area contributed by atoms with Crippen LogP contribution in [0.2, 0.25) is 0 Å². The molecule has 1 aromatic heterocycles. The number of hydrogen-bond acceptors (Lipinski definition) is 4. The Morgan fingerprint density at radius 1 is 1.38 bits per heavy atom. The Hall–Kier alpha value is -1.49. The number of furan rings is 1. The molecule has 0 bridgehead atoms. The number of amides is 1. The first-order valence-corrected chi connectivity index (χ1v) is 5.62. The zero-order chi connectivity index (χ0) is 11.4. The van der Waals surface area contributed by atoms with Crippen molar-refractivity contribution in [2.75, 3.05) is 30.5 Å². The molecule has 5 heteroatoms. The van der Waals surface area contributed by atoms with Gasteiger partial charge in [-0.25, -0.2) is 10.0 Å². The van der Waals surface area contributed by atoms with E-state index < -0.39 is 0 Å². The molecule has 1 amide bonds. The summed E-state index contributed by atoms with van der Waals surface area (Å²) in [6, 6.07) is 3.62. The van der Waals surface area contributed by atoms with E-state index in [9.17, 15) is 4.79 Å². The molecule has 0 saturated carbocycles. The number of nitrogens with zero attached hydrogens (tertiary/aromatic N) is 2. The lowest BCUT2D eigenvalue weighted by Gasteiger charge is -2.32. The van der Waals surface area contributed by atoms with E-state index in [-0.39, 0.29) is 0 Å². The molecule has 1 fully saturated rings. The maximum atomic E-state index is 11.1. The van der Waals surface area contributed by atoms with Crippen molar-refractivity contribution in [1.29, 1.82) is 0 Å². The first-order valence-electron chi connectivity index (χ1n) is 5.62. The number of piperidine rings is 1. The van der Waals surface area contributed by atoms with E-state index in [0.29, 0.717) is 11.8 Å². The molecule has 1 saturated heterocycles. The summed E-state index contributed by atoms with van der Waals surface area (Å²) in [5.74, 6) is 1.24. The summed E-state index contributed by atoms with van der Waals surface area (Å²) in [5.41, 5.74) is 0. The van der Waals surface area contributed by atoms with Crippen molar-refractivity contribution in [3.8, 4) is 0 Å². The zero-order valence-electron chi connectivity index (χ0n) is 9.48. The van der Waals surface area contributed by atoms with E-state index in [4.69, 9.17) is 4.42 Å². The van der Waals surface area contributed by atoms with Crippen LogP contribution in [0.3, 0.4) is 0 Å². The number of rotatable bonds is 4. The van der Waals surface area contributed by atoms with E-state index in [1.807, 2.05) is 11.1 Å². The third-order valence-electron chi connectivity index (χ3n) is 2.80. The molecule has 0 aliphatic carbocycles. The second kappa shape index (κ2) is 5.03. The fourth-order valence-corrected chi connectivity index (χ4v) is 1.94. The lowest BCUT2D eigenvalue weighted by atomic mass is 10.2. The van der Waals surface area contributed by atoms with Crippen molar-refractivity contribution in [3.05, 3.63) is 12.1 Å². The third-order valence-corrected chi connectivity index (χ3v) is 2.80. The Morgan fingerprint density at radius 2 is 2.12 bits per heavy atom. The minimum Gasteiger partial charge on any atom is -0.423 e. The molecule has 1 aliphatic rings. The highest BCUT2D eigenvalue weighted by Crippen LogP contribution is 2.23. The lowest BCUT2D eigenvalue weighted by molar-refractivity contribution is -0.110. The van der Waals surface area contributed by atoms with Gasteiger partial charge in [0.25, 0.3) is 0 Å². The fourth-order valence-electron chi connectivity index (χ4n) is 1.94. The molecule has 1 aliphatic heterocycles. The van der Waals surface area contributed by atoms with Crippen molar-refractivity contribution in [3.63, 3.8) is 0 Å². The van der Waals surface area contributed by atoms with Gasteiger partial charge < -0.3 is 9.73 Å². The highest BCUT2D eigenvalue weighted by Gasteiger charge is 2.20. The highest BCUT2D eigenvalue weighted by molar-refractivity contribution is 5.71. The molecular weight excluding hydrogens is 206 g/mol. The van der Waals surface area contributed by atoms with Crippen molar-refractivity contribution in [2.45, 2.75) is 19.3 Å². The van der Waals surface area contributed by atoms with Crippen LogP contribution in [0.4, 0.5) is 11.8 Å². The van der Waals surface area contributed by atoms with Gasteiger partial charge in [0.05, 0.1) is 0 Å². The Bertz CT molecular complexity index is 345. The van der Waals surface area contributed by atoms with E-state index in [1.165, 1.54) is 6.42 Å². The fraction of sp³-hybridized carbons (Fsp3) is 0.545. The standard InChI is InChI=1S/C11H17N3O2/c1-12-10-5-6-11(16-10)14(9-15)13-7-3-2-4-8-13/h5-6,9,12H,2-4,7-8H2,1H3. The average Bonchev–Trinajstić information content (AvgIpc) is 2.80. The number of carbonyl (C=O) groups is 1. The second-order valence-corrected chi connectivity index (χ2v) is 3.85. The van der Waals surface area contributed by atoms with Gasteiger partial charge in [0, 0.05) is 32.3 Å². The van der Waals surface area contributed by atoms with Crippen LogP contribution in [-0.2, 0) is 4.79 Å². The van der Waals surface area contributed by atoms with E-state index in [2.05, 4.69) is 5.32 Å². The molecule has 2 rings (SSSR count). The highest BCUT2D eigenvalue weighted by atomic mass is 16.4. The summed E-state index contributed by atoms with van der Waals surface area (Å²) in [7, 11) is 1.79. The molecule has 0 radical (unpaired) electrons. The summed E-state index contributed by atoms with van der Waals surface area (Å²) in [6.07, 6.45) is 4.31. The first kappa shape index (κ1) is 11.0. The topological polar surface area (TPSA) is 48.7 Å². The Morgan fingerprint density at radius 3 is 2.69 bits per heavy atom. The van der Waals surface area contributed by atoms with Crippen LogP contribution in [0, 0.1) is 0 Å². The molecule has 5 nitrogen and oxygen atoms in total. The predicted molar refractivity (Wildman–Crippen MR) is 62.2 cm³/mol. The molecule has 0 atom stereocenters. The van der Waals surface area contributed by atoms with Gasteiger partial charge in [-0.2, -0.15) is 0 Å². The third kappa shape index (κ3) is 2.19. The minimum atomic E-state index is 0.571. The largest absolute Gasteiger partial charge is 0.423 e. The number of hydrogen-bond donors (Lipinski definition) is 1. The minimum absolute atomic E-state index is 0.571. The van der Waals surface area contributed by atoms with Gasteiger partial charge >= 0.3 is 0 Å². The molecule has 2 heterocycles. The summed E-state index contributed by atoms with van der Waals surface area (Å²) in [5, 5.41) is 6.48. The number of anilines is 2. The Labute approximate surface area is 95.0 Å². The van der Waals surface area contributed by atoms with Gasteiger partial charge in [-0.3, -0.25) is 4.79 Å². The average molecular weight is 223 g/mol. The van der Waals surface area contributed by atoms with Crippen molar-refractivity contribution >= 4 is 18.2 Å². The van der Waals surface area contributed by atoms with Crippen LogP contribution in [0.15, 0.2) is 16.5 Å².